The molecule has 8 heteroatoms. The van der Waals surface area contributed by atoms with Crippen LogP contribution in [0.5, 0.6) is 0 Å². The van der Waals surface area contributed by atoms with Crippen molar-refractivity contribution in [1.82, 2.24) is 9.88 Å². The molecule has 1 aromatic heterocycles. The molecular weight excluding hydrogens is 478 g/mol. The SMILES string of the molecule is FC(F)(F)c1ccccc1CCC1c2[nH]c3ccccc3c2CCN1Cc1ccccc1C(F)(F)F. The first-order valence-electron chi connectivity index (χ1n) is 11.8. The van der Waals surface area contributed by atoms with Crippen molar-refractivity contribution >= 4 is 10.9 Å². The molecule has 5 rings (SSSR count). The molecule has 0 saturated carbocycles. The third-order valence-corrected chi connectivity index (χ3v) is 6.98. The Balaban J connectivity index is 1.52. The molecule has 3 aromatic carbocycles. The van der Waals surface area contributed by atoms with Crippen molar-refractivity contribution in [3.8, 4) is 0 Å². The first kappa shape index (κ1) is 24.4. The molecule has 1 N–H and O–H groups in total. The van der Waals surface area contributed by atoms with E-state index < -0.39 is 23.5 Å². The summed E-state index contributed by atoms with van der Waals surface area (Å²) >= 11 is 0. The molecule has 0 fully saturated rings. The van der Waals surface area contributed by atoms with Gasteiger partial charge in [-0.3, -0.25) is 4.90 Å². The Morgan fingerprint density at radius 1 is 0.750 bits per heavy atom. The summed E-state index contributed by atoms with van der Waals surface area (Å²) in [6, 6.07) is 18.4. The minimum absolute atomic E-state index is 0.0517. The fourth-order valence-electron chi connectivity index (χ4n) is 5.35. The molecule has 1 atom stereocenters. The minimum Gasteiger partial charge on any atom is -0.357 e. The van der Waals surface area contributed by atoms with Gasteiger partial charge in [0, 0.05) is 29.7 Å². The van der Waals surface area contributed by atoms with Crippen LogP contribution in [0.4, 0.5) is 26.3 Å². The zero-order valence-corrected chi connectivity index (χ0v) is 19.3. The third kappa shape index (κ3) is 4.74. The van der Waals surface area contributed by atoms with Gasteiger partial charge in [0.05, 0.1) is 17.2 Å². The second-order valence-electron chi connectivity index (χ2n) is 9.15. The predicted octanol–water partition coefficient (Wildman–Crippen LogP) is 7.94. The maximum atomic E-state index is 13.7. The highest BCUT2D eigenvalue weighted by atomic mass is 19.4. The van der Waals surface area contributed by atoms with E-state index in [2.05, 4.69) is 4.98 Å². The van der Waals surface area contributed by atoms with Gasteiger partial charge >= 0.3 is 12.4 Å². The molecule has 0 amide bonds. The smallest absolute Gasteiger partial charge is 0.357 e. The topological polar surface area (TPSA) is 19.0 Å². The Hall–Kier alpha value is -3.26. The molecule has 188 valence electrons. The van der Waals surface area contributed by atoms with E-state index in [4.69, 9.17) is 0 Å². The number of halogens is 6. The van der Waals surface area contributed by atoms with E-state index in [9.17, 15) is 26.3 Å². The minimum atomic E-state index is -4.49. The number of para-hydroxylation sites is 1. The lowest BCUT2D eigenvalue weighted by Crippen LogP contribution is -2.36. The Morgan fingerprint density at radius 3 is 2.03 bits per heavy atom. The number of alkyl halides is 6. The number of H-pyrrole nitrogens is 1. The lowest BCUT2D eigenvalue weighted by atomic mass is 9.91. The summed E-state index contributed by atoms with van der Waals surface area (Å²) in [5.41, 5.74) is 1.85. The number of aromatic nitrogens is 1. The van der Waals surface area contributed by atoms with Crippen molar-refractivity contribution in [2.75, 3.05) is 6.54 Å². The summed E-state index contributed by atoms with van der Waals surface area (Å²) in [5, 5.41) is 1.04. The number of hydrogen-bond donors (Lipinski definition) is 1. The van der Waals surface area contributed by atoms with Gasteiger partial charge in [0.25, 0.3) is 0 Å². The van der Waals surface area contributed by atoms with Gasteiger partial charge in [0.1, 0.15) is 0 Å². The normalized spacial score (nSPS) is 16.9. The maximum absolute atomic E-state index is 13.7. The van der Waals surface area contributed by atoms with Crippen LogP contribution in [-0.4, -0.2) is 16.4 Å². The average molecular weight is 503 g/mol. The zero-order chi connectivity index (χ0) is 25.5. The molecule has 1 aliphatic heterocycles. The summed E-state index contributed by atoms with van der Waals surface area (Å²) in [4.78, 5) is 5.38. The van der Waals surface area contributed by atoms with E-state index in [0.717, 1.165) is 34.3 Å². The fraction of sp³-hybridized carbons (Fsp3) is 0.286. The first-order chi connectivity index (χ1) is 17.1. The third-order valence-electron chi connectivity index (χ3n) is 6.98. The molecule has 1 unspecified atom stereocenters. The molecule has 4 aromatic rings. The van der Waals surface area contributed by atoms with Gasteiger partial charge in [-0.15, -0.1) is 0 Å². The summed E-state index contributed by atoms with van der Waals surface area (Å²) in [7, 11) is 0. The number of benzene rings is 3. The van der Waals surface area contributed by atoms with Crippen LogP contribution in [0.1, 0.15) is 46.0 Å². The number of hydrogen-bond acceptors (Lipinski definition) is 1. The zero-order valence-electron chi connectivity index (χ0n) is 19.3. The number of fused-ring (bicyclic) bond motifs is 3. The first-order valence-corrected chi connectivity index (χ1v) is 11.8. The standard InChI is InChI=1S/C28H24F6N2/c29-27(30,31)22-10-4-1-7-18(22)13-14-25-26-21(20-9-3-6-12-24(20)35-26)15-16-36(25)17-19-8-2-5-11-23(19)28(32,33)34/h1-12,25,35H,13-17H2. The number of rotatable bonds is 5. The molecule has 36 heavy (non-hydrogen) atoms. The Labute approximate surface area is 204 Å². The predicted molar refractivity (Wildman–Crippen MR) is 126 cm³/mol. The number of aryl methyl sites for hydroxylation is 1. The van der Waals surface area contributed by atoms with Gasteiger partial charge in [-0.05, 0) is 54.2 Å². The van der Waals surface area contributed by atoms with Gasteiger partial charge in [-0.25, -0.2) is 0 Å². The van der Waals surface area contributed by atoms with Crippen molar-refractivity contribution in [3.63, 3.8) is 0 Å². The van der Waals surface area contributed by atoms with E-state index in [1.165, 1.54) is 24.3 Å². The van der Waals surface area contributed by atoms with Gasteiger partial charge < -0.3 is 4.98 Å². The van der Waals surface area contributed by atoms with E-state index in [1.54, 1.807) is 12.1 Å². The maximum Gasteiger partial charge on any atom is 0.416 e. The van der Waals surface area contributed by atoms with E-state index in [-0.39, 0.29) is 30.1 Å². The Morgan fingerprint density at radius 2 is 1.33 bits per heavy atom. The summed E-state index contributed by atoms with van der Waals surface area (Å²) in [6.45, 7) is 0.558. The van der Waals surface area contributed by atoms with E-state index in [0.29, 0.717) is 19.4 Å². The van der Waals surface area contributed by atoms with Crippen LogP contribution in [0.3, 0.4) is 0 Å². The van der Waals surface area contributed by atoms with Crippen LogP contribution < -0.4 is 0 Å². The van der Waals surface area contributed by atoms with Gasteiger partial charge in [-0.1, -0.05) is 54.6 Å². The molecule has 0 spiro atoms. The molecule has 0 saturated heterocycles. The van der Waals surface area contributed by atoms with Crippen molar-refractivity contribution < 1.29 is 26.3 Å². The van der Waals surface area contributed by atoms with E-state index >= 15 is 0 Å². The summed E-state index contributed by atoms with van der Waals surface area (Å²) in [5.74, 6) is 0. The van der Waals surface area contributed by atoms with Crippen LogP contribution in [0.15, 0.2) is 72.8 Å². The highest BCUT2D eigenvalue weighted by Crippen LogP contribution is 2.40. The highest BCUT2D eigenvalue weighted by Gasteiger charge is 2.37. The number of nitrogens with one attached hydrogen (secondary N) is 1. The second-order valence-corrected chi connectivity index (χ2v) is 9.15. The quantitative estimate of drug-likeness (QED) is 0.275. The number of nitrogens with zero attached hydrogens (tertiary/aromatic N) is 1. The number of aromatic amines is 1. The highest BCUT2D eigenvalue weighted by molar-refractivity contribution is 5.85. The summed E-state index contributed by atoms with van der Waals surface area (Å²) < 4.78 is 81.8. The molecule has 2 nitrogen and oxygen atoms in total. The molecule has 1 aliphatic rings. The van der Waals surface area contributed by atoms with Gasteiger partial charge in [0.2, 0.25) is 0 Å². The average Bonchev–Trinajstić information content (AvgIpc) is 3.21. The molecule has 2 heterocycles. The molecule has 0 bridgehead atoms. The lowest BCUT2D eigenvalue weighted by molar-refractivity contribution is -0.139. The lowest BCUT2D eigenvalue weighted by Gasteiger charge is -2.36. The largest absolute Gasteiger partial charge is 0.416 e. The van der Waals surface area contributed by atoms with Crippen molar-refractivity contribution in [2.45, 2.75) is 44.2 Å². The van der Waals surface area contributed by atoms with Gasteiger partial charge in [-0.2, -0.15) is 26.3 Å². The fourth-order valence-corrected chi connectivity index (χ4v) is 5.35. The van der Waals surface area contributed by atoms with Crippen LogP contribution in [0.25, 0.3) is 10.9 Å². The molecule has 0 radical (unpaired) electrons. The summed E-state index contributed by atoms with van der Waals surface area (Å²) in [6.07, 6.45) is -7.84. The van der Waals surface area contributed by atoms with Crippen molar-refractivity contribution in [1.29, 1.82) is 0 Å². The van der Waals surface area contributed by atoms with Gasteiger partial charge in [0.15, 0.2) is 0 Å². The van der Waals surface area contributed by atoms with Crippen LogP contribution in [-0.2, 0) is 31.7 Å². The van der Waals surface area contributed by atoms with Crippen LogP contribution >= 0.6 is 0 Å². The van der Waals surface area contributed by atoms with Crippen LogP contribution in [0, 0.1) is 0 Å². The Kier molecular flexibility index (Phi) is 6.32. The Bertz CT molecular complexity index is 1370. The van der Waals surface area contributed by atoms with Crippen molar-refractivity contribution in [3.05, 3.63) is 106 Å². The second kappa shape index (κ2) is 9.32. The monoisotopic (exact) mass is 502 g/mol. The molecule has 0 aliphatic carbocycles. The molecular formula is C28H24F6N2. The van der Waals surface area contributed by atoms with Crippen molar-refractivity contribution in [2.24, 2.45) is 0 Å². The van der Waals surface area contributed by atoms with E-state index in [1.807, 2.05) is 29.2 Å². The van der Waals surface area contributed by atoms with Crippen LogP contribution in [0.2, 0.25) is 0 Å².